The SMILES string of the molecule is CC1CCC2(CC1)CN([C@@H](COCc1ccccc1)C(=O)OCc1ccccc1)C2=O. The van der Waals surface area contributed by atoms with Gasteiger partial charge in [-0.15, -0.1) is 0 Å². The van der Waals surface area contributed by atoms with E-state index in [0.717, 1.165) is 36.8 Å². The maximum Gasteiger partial charge on any atom is 0.331 e. The highest BCUT2D eigenvalue weighted by Crippen LogP contribution is 2.47. The number of carbonyl (C=O) groups is 2. The third kappa shape index (κ3) is 4.99. The van der Waals surface area contributed by atoms with E-state index in [-0.39, 0.29) is 24.5 Å². The number of likely N-dealkylation sites (tertiary alicyclic amines) is 1. The predicted octanol–water partition coefficient (Wildman–Crippen LogP) is 4.35. The first-order valence-electron chi connectivity index (χ1n) is 11.2. The van der Waals surface area contributed by atoms with Crippen LogP contribution < -0.4 is 0 Å². The minimum absolute atomic E-state index is 0.0874. The van der Waals surface area contributed by atoms with E-state index in [1.807, 2.05) is 60.7 Å². The van der Waals surface area contributed by atoms with Crippen molar-refractivity contribution in [1.29, 1.82) is 0 Å². The Kier molecular flexibility index (Phi) is 6.71. The van der Waals surface area contributed by atoms with Crippen molar-refractivity contribution in [2.45, 2.75) is 51.9 Å². The normalized spacial score (nSPS) is 24.0. The van der Waals surface area contributed by atoms with Gasteiger partial charge >= 0.3 is 5.97 Å². The number of rotatable bonds is 8. The predicted molar refractivity (Wildman–Crippen MR) is 118 cm³/mol. The highest BCUT2D eigenvalue weighted by atomic mass is 16.5. The number of amides is 1. The van der Waals surface area contributed by atoms with Gasteiger partial charge < -0.3 is 14.4 Å². The number of β-lactam (4-membered cyclic amide) rings is 1. The van der Waals surface area contributed by atoms with Gasteiger partial charge in [0.25, 0.3) is 0 Å². The first-order valence-corrected chi connectivity index (χ1v) is 11.2. The molecule has 2 fully saturated rings. The van der Waals surface area contributed by atoms with Crippen molar-refractivity contribution in [3.63, 3.8) is 0 Å². The van der Waals surface area contributed by atoms with Gasteiger partial charge in [-0.1, -0.05) is 67.6 Å². The van der Waals surface area contributed by atoms with Crippen LogP contribution in [0, 0.1) is 11.3 Å². The summed E-state index contributed by atoms with van der Waals surface area (Å²) in [5.74, 6) is 0.363. The lowest BCUT2D eigenvalue weighted by Crippen LogP contribution is -2.67. The lowest BCUT2D eigenvalue weighted by atomic mass is 9.65. The molecule has 5 nitrogen and oxygen atoms in total. The Hall–Kier alpha value is -2.66. The standard InChI is InChI=1S/C26H31NO4/c1-20-12-14-26(15-13-20)19-27(25(26)29)23(18-30-16-21-8-4-2-5-9-21)24(28)31-17-22-10-6-3-7-11-22/h2-11,20,23H,12-19H2,1H3/t20?,23-,26?/m0/s1. The second kappa shape index (κ2) is 9.65. The van der Waals surface area contributed by atoms with Crippen LogP contribution in [0.1, 0.15) is 43.7 Å². The molecule has 31 heavy (non-hydrogen) atoms. The van der Waals surface area contributed by atoms with Crippen LogP contribution in [-0.2, 0) is 32.3 Å². The molecule has 0 unspecified atom stereocenters. The lowest BCUT2D eigenvalue weighted by Gasteiger charge is -2.53. The molecule has 0 bridgehead atoms. The number of benzene rings is 2. The number of hydrogen-bond acceptors (Lipinski definition) is 4. The molecule has 1 spiro atoms. The number of ether oxygens (including phenoxy) is 2. The summed E-state index contributed by atoms with van der Waals surface area (Å²) in [6.07, 6.45) is 3.99. The summed E-state index contributed by atoms with van der Waals surface area (Å²) in [6, 6.07) is 18.7. The minimum atomic E-state index is -0.704. The highest BCUT2D eigenvalue weighted by molar-refractivity contribution is 5.93. The average Bonchev–Trinajstić information content (AvgIpc) is 2.81. The average molecular weight is 422 g/mol. The largest absolute Gasteiger partial charge is 0.459 e. The summed E-state index contributed by atoms with van der Waals surface area (Å²) in [6.45, 7) is 3.60. The summed E-state index contributed by atoms with van der Waals surface area (Å²) in [7, 11) is 0. The Bertz CT molecular complexity index is 875. The Morgan fingerprint density at radius 3 is 2.16 bits per heavy atom. The Morgan fingerprint density at radius 2 is 1.58 bits per heavy atom. The van der Waals surface area contributed by atoms with Crippen molar-refractivity contribution in [2.75, 3.05) is 13.2 Å². The second-order valence-corrected chi connectivity index (χ2v) is 9.01. The van der Waals surface area contributed by atoms with Crippen molar-refractivity contribution in [1.82, 2.24) is 4.90 Å². The van der Waals surface area contributed by atoms with Gasteiger partial charge in [-0.3, -0.25) is 4.79 Å². The first-order chi connectivity index (χ1) is 15.1. The van der Waals surface area contributed by atoms with E-state index in [9.17, 15) is 9.59 Å². The van der Waals surface area contributed by atoms with Gasteiger partial charge in [0.05, 0.1) is 18.6 Å². The lowest BCUT2D eigenvalue weighted by molar-refractivity contribution is -0.181. The van der Waals surface area contributed by atoms with E-state index < -0.39 is 12.0 Å². The minimum Gasteiger partial charge on any atom is -0.459 e. The van der Waals surface area contributed by atoms with Crippen LogP contribution in [0.25, 0.3) is 0 Å². The van der Waals surface area contributed by atoms with Crippen molar-refractivity contribution >= 4 is 11.9 Å². The molecule has 1 amide bonds. The zero-order valence-corrected chi connectivity index (χ0v) is 18.2. The van der Waals surface area contributed by atoms with Gasteiger partial charge in [0, 0.05) is 6.54 Å². The number of nitrogens with zero attached hydrogens (tertiary/aromatic N) is 1. The molecule has 0 N–H and O–H groups in total. The van der Waals surface area contributed by atoms with Gasteiger partial charge in [0.1, 0.15) is 6.61 Å². The summed E-state index contributed by atoms with van der Waals surface area (Å²) in [5.41, 5.74) is 1.68. The van der Waals surface area contributed by atoms with Gasteiger partial charge in [0.2, 0.25) is 5.91 Å². The molecular weight excluding hydrogens is 390 g/mol. The molecule has 1 saturated heterocycles. The second-order valence-electron chi connectivity index (χ2n) is 9.01. The van der Waals surface area contributed by atoms with Gasteiger partial charge in [-0.05, 0) is 42.7 Å². The van der Waals surface area contributed by atoms with E-state index in [1.54, 1.807) is 4.90 Å². The molecule has 1 aliphatic carbocycles. The molecule has 2 aromatic rings. The molecule has 5 heteroatoms. The fraction of sp³-hybridized carbons (Fsp3) is 0.462. The van der Waals surface area contributed by atoms with Crippen molar-refractivity contribution in [3.8, 4) is 0 Å². The number of hydrogen-bond donors (Lipinski definition) is 0. The van der Waals surface area contributed by atoms with Crippen LogP contribution in [0.3, 0.4) is 0 Å². The van der Waals surface area contributed by atoms with Crippen LogP contribution in [0.2, 0.25) is 0 Å². The molecule has 0 aromatic heterocycles. The van der Waals surface area contributed by atoms with Crippen LogP contribution in [0.4, 0.5) is 0 Å². The molecule has 1 saturated carbocycles. The Labute approximate surface area is 184 Å². The van der Waals surface area contributed by atoms with Gasteiger partial charge in [-0.25, -0.2) is 4.79 Å². The summed E-state index contributed by atoms with van der Waals surface area (Å²) < 4.78 is 11.4. The maximum absolute atomic E-state index is 13.2. The molecule has 2 aromatic carbocycles. The van der Waals surface area contributed by atoms with Crippen molar-refractivity contribution in [3.05, 3.63) is 71.8 Å². The molecule has 4 rings (SSSR count). The van der Waals surface area contributed by atoms with E-state index in [4.69, 9.17) is 9.47 Å². The Morgan fingerprint density at radius 1 is 1.00 bits per heavy atom. The highest BCUT2D eigenvalue weighted by Gasteiger charge is 2.56. The zero-order valence-electron chi connectivity index (χ0n) is 18.2. The van der Waals surface area contributed by atoms with Crippen molar-refractivity contribution in [2.24, 2.45) is 11.3 Å². The van der Waals surface area contributed by atoms with E-state index >= 15 is 0 Å². The summed E-state index contributed by atoms with van der Waals surface area (Å²) in [4.78, 5) is 27.8. The maximum atomic E-state index is 13.2. The van der Waals surface area contributed by atoms with Gasteiger partial charge in [0.15, 0.2) is 6.04 Å². The zero-order chi connectivity index (χ0) is 21.7. The molecule has 0 radical (unpaired) electrons. The topological polar surface area (TPSA) is 55.8 Å². The third-order valence-corrected chi connectivity index (χ3v) is 6.68. The summed E-state index contributed by atoms with van der Waals surface area (Å²) >= 11 is 0. The molecular formula is C26H31NO4. The molecule has 1 aliphatic heterocycles. The molecule has 1 atom stereocenters. The number of esters is 1. The third-order valence-electron chi connectivity index (χ3n) is 6.68. The van der Waals surface area contributed by atoms with Crippen molar-refractivity contribution < 1.29 is 19.1 Å². The molecule has 2 aliphatic rings. The Balaban J connectivity index is 1.39. The van der Waals surface area contributed by atoms with E-state index in [1.165, 1.54) is 0 Å². The molecule has 1 heterocycles. The molecule has 164 valence electrons. The first kappa shape index (κ1) is 21.6. The van der Waals surface area contributed by atoms with Crippen LogP contribution in [-0.4, -0.2) is 36.0 Å². The van der Waals surface area contributed by atoms with E-state index in [2.05, 4.69) is 6.92 Å². The summed E-state index contributed by atoms with van der Waals surface area (Å²) in [5, 5.41) is 0. The van der Waals surface area contributed by atoms with Gasteiger partial charge in [-0.2, -0.15) is 0 Å². The van der Waals surface area contributed by atoms with Crippen LogP contribution in [0.5, 0.6) is 0 Å². The quantitative estimate of drug-likeness (QED) is 0.470. The fourth-order valence-corrected chi connectivity index (χ4v) is 4.59. The number of carbonyl (C=O) groups excluding carboxylic acids is 2. The van der Waals surface area contributed by atoms with E-state index in [0.29, 0.717) is 19.1 Å². The fourth-order valence-electron chi connectivity index (χ4n) is 4.59. The van der Waals surface area contributed by atoms with Crippen LogP contribution in [0.15, 0.2) is 60.7 Å². The smallest absolute Gasteiger partial charge is 0.331 e. The monoisotopic (exact) mass is 421 g/mol. The van der Waals surface area contributed by atoms with Crippen LogP contribution >= 0.6 is 0 Å².